The fourth-order valence-corrected chi connectivity index (χ4v) is 0.987. The summed E-state index contributed by atoms with van der Waals surface area (Å²) in [5.41, 5.74) is 2.08. The van der Waals surface area contributed by atoms with Gasteiger partial charge >= 0.3 is 0 Å². The Balaban J connectivity index is 2.72. The molecule has 0 atom stereocenters. The predicted octanol–water partition coefficient (Wildman–Crippen LogP) is 2.62. The maximum atomic E-state index is 12.0. The van der Waals surface area contributed by atoms with Gasteiger partial charge in [-0.25, -0.2) is 4.39 Å². The highest BCUT2D eigenvalue weighted by atomic mass is 19.1. The first kappa shape index (κ1) is 6.53. The zero-order valence-corrected chi connectivity index (χ0v) is 5.65. The molecule has 0 unspecified atom stereocenters. The van der Waals surface area contributed by atoms with E-state index in [4.69, 9.17) is 0 Å². The second-order valence-electron chi connectivity index (χ2n) is 2.38. The molecular weight excluding hydrogens is 115 g/mol. The molecule has 0 heterocycles. The van der Waals surface area contributed by atoms with Gasteiger partial charge in [0.05, 0.1) is 0 Å². The van der Waals surface area contributed by atoms with Gasteiger partial charge in [0.2, 0.25) is 0 Å². The molecule has 0 N–H and O–H groups in total. The summed E-state index contributed by atoms with van der Waals surface area (Å²) in [6.07, 6.45) is 6.03. The van der Waals surface area contributed by atoms with Crippen molar-refractivity contribution in [3.63, 3.8) is 0 Å². The number of rotatable bonds is 1. The lowest BCUT2D eigenvalue weighted by Gasteiger charge is -2.07. The molecule has 0 bridgehead atoms. The van der Waals surface area contributed by atoms with Gasteiger partial charge in [0.1, 0.15) is 6.67 Å². The van der Waals surface area contributed by atoms with Gasteiger partial charge in [0, 0.05) is 0 Å². The van der Waals surface area contributed by atoms with Crippen molar-refractivity contribution in [3.05, 3.63) is 23.3 Å². The van der Waals surface area contributed by atoms with Crippen LogP contribution in [0.2, 0.25) is 0 Å². The van der Waals surface area contributed by atoms with Gasteiger partial charge in [-0.05, 0) is 25.3 Å². The van der Waals surface area contributed by atoms with Crippen molar-refractivity contribution in [1.29, 1.82) is 0 Å². The van der Waals surface area contributed by atoms with Crippen LogP contribution in [0.5, 0.6) is 0 Å². The van der Waals surface area contributed by atoms with Gasteiger partial charge < -0.3 is 0 Å². The average molecular weight is 126 g/mol. The van der Waals surface area contributed by atoms with Crippen LogP contribution in [0.25, 0.3) is 0 Å². The number of allylic oxidation sites excluding steroid dienone is 4. The Morgan fingerprint density at radius 1 is 1.67 bits per heavy atom. The second-order valence-corrected chi connectivity index (χ2v) is 2.38. The van der Waals surface area contributed by atoms with E-state index in [0.717, 1.165) is 18.4 Å². The molecule has 0 radical (unpaired) electrons. The van der Waals surface area contributed by atoms with Crippen LogP contribution in [0.1, 0.15) is 19.8 Å². The molecule has 0 saturated carbocycles. The maximum absolute atomic E-state index is 12.0. The van der Waals surface area contributed by atoms with E-state index in [0.29, 0.717) is 0 Å². The lowest BCUT2D eigenvalue weighted by Crippen LogP contribution is -1.92. The molecule has 1 heteroatoms. The Morgan fingerprint density at radius 2 is 2.44 bits per heavy atom. The molecule has 0 amide bonds. The van der Waals surface area contributed by atoms with Crippen LogP contribution in [-0.4, -0.2) is 6.67 Å². The van der Waals surface area contributed by atoms with Gasteiger partial charge in [-0.3, -0.25) is 0 Å². The molecular formula is C8H11F. The van der Waals surface area contributed by atoms with Gasteiger partial charge in [-0.15, -0.1) is 0 Å². The van der Waals surface area contributed by atoms with Crippen molar-refractivity contribution >= 4 is 0 Å². The van der Waals surface area contributed by atoms with Crippen molar-refractivity contribution in [2.45, 2.75) is 19.8 Å². The Labute approximate surface area is 55.1 Å². The van der Waals surface area contributed by atoms with Crippen molar-refractivity contribution in [3.8, 4) is 0 Å². The summed E-state index contributed by atoms with van der Waals surface area (Å²) in [6, 6.07) is 0. The fourth-order valence-electron chi connectivity index (χ4n) is 0.987. The highest BCUT2D eigenvalue weighted by molar-refractivity contribution is 5.28. The van der Waals surface area contributed by atoms with E-state index in [1.54, 1.807) is 0 Å². The van der Waals surface area contributed by atoms with Gasteiger partial charge in [0.25, 0.3) is 0 Å². The standard InChI is InChI=1S/C8H11F/c1-7-4-2-3-5-8(7)6-9/h3,5H,2,4,6H2,1H3. The highest BCUT2D eigenvalue weighted by Crippen LogP contribution is 2.17. The molecule has 0 aromatic rings. The smallest absolute Gasteiger partial charge is 0.114 e. The Morgan fingerprint density at radius 3 is 2.89 bits per heavy atom. The minimum Gasteiger partial charge on any atom is -0.246 e. The Kier molecular flexibility index (Phi) is 2.04. The van der Waals surface area contributed by atoms with E-state index >= 15 is 0 Å². The zero-order valence-electron chi connectivity index (χ0n) is 5.65. The van der Waals surface area contributed by atoms with E-state index in [1.807, 2.05) is 19.1 Å². The van der Waals surface area contributed by atoms with E-state index < -0.39 is 0 Å². The zero-order chi connectivity index (χ0) is 6.69. The topological polar surface area (TPSA) is 0 Å². The average Bonchev–Trinajstić information content (AvgIpc) is 1.89. The lowest BCUT2D eigenvalue weighted by molar-refractivity contribution is 0.544. The molecule has 0 aliphatic heterocycles. The SMILES string of the molecule is CC1=C(CF)C=CCC1. The van der Waals surface area contributed by atoms with Crippen LogP contribution < -0.4 is 0 Å². The minimum atomic E-state index is -0.303. The number of halogens is 1. The van der Waals surface area contributed by atoms with Crippen LogP contribution in [0.4, 0.5) is 4.39 Å². The molecule has 9 heavy (non-hydrogen) atoms. The highest BCUT2D eigenvalue weighted by Gasteiger charge is 2.01. The molecule has 0 aromatic carbocycles. The minimum absolute atomic E-state index is 0.303. The summed E-state index contributed by atoms with van der Waals surface area (Å²) in [5, 5.41) is 0. The monoisotopic (exact) mass is 126 g/mol. The lowest BCUT2D eigenvalue weighted by atomic mass is 10.0. The van der Waals surface area contributed by atoms with Crippen LogP contribution in [0, 0.1) is 0 Å². The number of hydrogen-bond acceptors (Lipinski definition) is 0. The Bertz CT molecular complexity index is 154. The summed E-state index contributed by atoms with van der Waals surface area (Å²) < 4.78 is 12.0. The predicted molar refractivity (Wildman–Crippen MR) is 37.0 cm³/mol. The first-order chi connectivity index (χ1) is 4.34. The third-order valence-corrected chi connectivity index (χ3v) is 1.70. The molecule has 0 fully saturated rings. The first-order valence-corrected chi connectivity index (χ1v) is 3.25. The number of hydrogen-bond donors (Lipinski definition) is 0. The quantitative estimate of drug-likeness (QED) is 0.506. The summed E-state index contributed by atoms with van der Waals surface area (Å²) in [5.74, 6) is 0. The molecule has 1 rings (SSSR count). The van der Waals surface area contributed by atoms with Crippen LogP contribution in [0.15, 0.2) is 23.3 Å². The molecule has 0 spiro atoms. The molecule has 1 aliphatic carbocycles. The third kappa shape index (κ3) is 1.41. The normalized spacial score (nSPS) is 18.9. The summed E-state index contributed by atoms with van der Waals surface area (Å²) >= 11 is 0. The van der Waals surface area contributed by atoms with Crippen molar-refractivity contribution < 1.29 is 4.39 Å². The summed E-state index contributed by atoms with van der Waals surface area (Å²) in [4.78, 5) is 0. The van der Waals surface area contributed by atoms with Crippen molar-refractivity contribution in [2.24, 2.45) is 0 Å². The van der Waals surface area contributed by atoms with Crippen molar-refractivity contribution in [1.82, 2.24) is 0 Å². The van der Waals surface area contributed by atoms with Crippen LogP contribution in [0.3, 0.4) is 0 Å². The van der Waals surface area contributed by atoms with E-state index in [2.05, 4.69) is 0 Å². The van der Waals surface area contributed by atoms with E-state index in [9.17, 15) is 4.39 Å². The van der Waals surface area contributed by atoms with Crippen molar-refractivity contribution in [2.75, 3.05) is 6.67 Å². The largest absolute Gasteiger partial charge is 0.246 e. The first-order valence-electron chi connectivity index (χ1n) is 3.25. The molecule has 0 nitrogen and oxygen atoms in total. The van der Waals surface area contributed by atoms with E-state index in [-0.39, 0.29) is 6.67 Å². The second kappa shape index (κ2) is 2.81. The summed E-state index contributed by atoms with van der Waals surface area (Å²) in [7, 11) is 0. The van der Waals surface area contributed by atoms with E-state index in [1.165, 1.54) is 5.57 Å². The van der Waals surface area contributed by atoms with Gasteiger partial charge in [-0.2, -0.15) is 0 Å². The Hall–Kier alpha value is -0.590. The molecule has 0 saturated heterocycles. The molecule has 1 aliphatic rings. The fraction of sp³-hybridized carbons (Fsp3) is 0.500. The molecule has 50 valence electrons. The van der Waals surface area contributed by atoms with Crippen LogP contribution in [-0.2, 0) is 0 Å². The number of alkyl halides is 1. The van der Waals surface area contributed by atoms with Gasteiger partial charge in [-0.1, -0.05) is 17.7 Å². The maximum Gasteiger partial charge on any atom is 0.114 e. The van der Waals surface area contributed by atoms with Crippen LogP contribution >= 0.6 is 0 Å². The summed E-state index contributed by atoms with van der Waals surface area (Å²) in [6.45, 7) is 1.70. The third-order valence-electron chi connectivity index (χ3n) is 1.70. The van der Waals surface area contributed by atoms with Gasteiger partial charge in [0.15, 0.2) is 0 Å². The molecule has 0 aromatic heterocycles.